The molecule has 4 rings (SSSR count). The van der Waals surface area contributed by atoms with Crippen molar-refractivity contribution < 1.29 is 4.79 Å². The van der Waals surface area contributed by atoms with E-state index in [-0.39, 0.29) is 11.8 Å². The van der Waals surface area contributed by atoms with Gasteiger partial charge in [-0.15, -0.1) is 0 Å². The standard InChI is InChI=1S/C20H23N5O/c26-20(15-6-5-13-25(14-15)19-9-3-4-11-21-19)22-12-10-18-23-16-7-1-2-8-17(16)24-18/h1-4,7-9,11,15H,5-6,10,12-14H2,(H,22,26)(H,23,24)/t15-/m0/s1. The highest BCUT2D eigenvalue weighted by Gasteiger charge is 2.26. The molecule has 0 unspecified atom stereocenters. The Hall–Kier alpha value is -2.89. The second-order valence-electron chi connectivity index (χ2n) is 6.71. The molecule has 3 heterocycles. The predicted octanol–water partition coefficient (Wildman–Crippen LogP) is 2.53. The van der Waals surface area contributed by atoms with Crippen molar-refractivity contribution in [3.63, 3.8) is 0 Å². The van der Waals surface area contributed by atoms with Crippen molar-refractivity contribution in [1.29, 1.82) is 0 Å². The summed E-state index contributed by atoms with van der Waals surface area (Å²) in [6.07, 6.45) is 4.45. The first-order valence-electron chi connectivity index (χ1n) is 9.17. The number of pyridine rings is 1. The molecule has 2 N–H and O–H groups in total. The Bertz CT molecular complexity index is 843. The maximum atomic E-state index is 12.5. The second kappa shape index (κ2) is 7.56. The van der Waals surface area contributed by atoms with Crippen molar-refractivity contribution >= 4 is 22.8 Å². The molecule has 0 saturated carbocycles. The summed E-state index contributed by atoms with van der Waals surface area (Å²) in [6, 6.07) is 13.9. The molecule has 134 valence electrons. The van der Waals surface area contributed by atoms with Crippen LogP contribution in [0.3, 0.4) is 0 Å². The Labute approximate surface area is 152 Å². The predicted molar refractivity (Wildman–Crippen MR) is 102 cm³/mol. The number of aromatic nitrogens is 3. The average molecular weight is 349 g/mol. The summed E-state index contributed by atoms with van der Waals surface area (Å²) >= 11 is 0. The molecule has 1 aliphatic heterocycles. The van der Waals surface area contributed by atoms with E-state index >= 15 is 0 Å². The third kappa shape index (κ3) is 3.69. The van der Waals surface area contributed by atoms with Crippen molar-refractivity contribution in [3.8, 4) is 0 Å². The van der Waals surface area contributed by atoms with Crippen LogP contribution < -0.4 is 10.2 Å². The van der Waals surface area contributed by atoms with Crippen LogP contribution in [0.1, 0.15) is 18.7 Å². The lowest BCUT2D eigenvalue weighted by molar-refractivity contribution is -0.125. The first kappa shape index (κ1) is 16.6. The highest BCUT2D eigenvalue weighted by Crippen LogP contribution is 2.21. The number of aromatic amines is 1. The Morgan fingerprint density at radius 3 is 2.96 bits per heavy atom. The largest absolute Gasteiger partial charge is 0.356 e. The molecule has 1 amide bonds. The zero-order chi connectivity index (χ0) is 17.8. The van der Waals surface area contributed by atoms with E-state index in [1.807, 2.05) is 42.5 Å². The van der Waals surface area contributed by atoms with Gasteiger partial charge in [0.05, 0.1) is 17.0 Å². The number of benzene rings is 1. The molecule has 1 aromatic carbocycles. The molecule has 1 atom stereocenters. The lowest BCUT2D eigenvalue weighted by Crippen LogP contribution is -2.43. The fourth-order valence-electron chi connectivity index (χ4n) is 3.51. The molecule has 6 nitrogen and oxygen atoms in total. The monoisotopic (exact) mass is 349 g/mol. The number of carbonyl (C=O) groups is 1. The zero-order valence-electron chi connectivity index (χ0n) is 14.7. The number of anilines is 1. The van der Waals surface area contributed by atoms with Gasteiger partial charge >= 0.3 is 0 Å². The van der Waals surface area contributed by atoms with E-state index in [2.05, 4.69) is 25.2 Å². The molecule has 0 spiro atoms. The van der Waals surface area contributed by atoms with Crippen LogP contribution in [0, 0.1) is 5.92 Å². The van der Waals surface area contributed by atoms with Crippen LogP contribution in [-0.2, 0) is 11.2 Å². The fourth-order valence-corrected chi connectivity index (χ4v) is 3.51. The quantitative estimate of drug-likeness (QED) is 0.742. The Kier molecular flexibility index (Phi) is 4.82. The van der Waals surface area contributed by atoms with Gasteiger partial charge in [-0.2, -0.15) is 0 Å². The van der Waals surface area contributed by atoms with Gasteiger partial charge in [-0.1, -0.05) is 18.2 Å². The molecular formula is C20H23N5O. The fraction of sp³-hybridized carbons (Fsp3) is 0.350. The SMILES string of the molecule is O=C(NCCc1nc2ccccc2[nH]1)[C@H]1CCCN(c2ccccn2)C1. The minimum Gasteiger partial charge on any atom is -0.356 e. The number of nitrogens with one attached hydrogen (secondary N) is 2. The van der Waals surface area contributed by atoms with E-state index in [1.54, 1.807) is 6.20 Å². The topological polar surface area (TPSA) is 73.9 Å². The van der Waals surface area contributed by atoms with Crippen LogP contribution in [0.4, 0.5) is 5.82 Å². The Balaban J connectivity index is 1.30. The van der Waals surface area contributed by atoms with Gasteiger partial charge < -0.3 is 15.2 Å². The van der Waals surface area contributed by atoms with Gasteiger partial charge in [-0.05, 0) is 37.1 Å². The van der Waals surface area contributed by atoms with E-state index in [4.69, 9.17) is 0 Å². The summed E-state index contributed by atoms with van der Waals surface area (Å²) in [7, 11) is 0. The molecule has 2 aromatic heterocycles. The summed E-state index contributed by atoms with van der Waals surface area (Å²) in [5, 5.41) is 3.07. The lowest BCUT2D eigenvalue weighted by atomic mass is 9.97. The van der Waals surface area contributed by atoms with Gasteiger partial charge in [-0.25, -0.2) is 9.97 Å². The third-order valence-electron chi connectivity index (χ3n) is 4.86. The highest BCUT2D eigenvalue weighted by molar-refractivity contribution is 5.79. The van der Waals surface area contributed by atoms with Crippen LogP contribution in [0.15, 0.2) is 48.7 Å². The smallest absolute Gasteiger partial charge is 0.224 e. The normalized spacial score (nSPS) is 17.4. The molecule has 0 radical (unpaired) electrons. The van der Waals surface area contributed by atoms with Crippen molar-refractivity contribution in [2.45, 2.75) is 19.3 Å². The van der Waals surface area contributed by atoms with Gasteiger partial charge in [0, 0.05) is 32.3 Å². The lowest BCUT2D eigenvalue weighted by Gasteiger charge is -2.32. The zero-order valence-corrected chi connectivity index (χ0v) is 14.7. The maximum absolute atomic E-state index is 12.5. The number of rotatable bonds is 5. The van der Waals surface area contributed by atoms with Crippen molar-refractivity contribution in [1.82, 2.24) is 20.3 Å². The van der Waals surface area contributed by atoms with Crippen molar-refractivity contribution in [3.05, 3.63) is 54.5 Å². The number of hydrogen-bond donors (Lipinski definition) is 2. The van der Waals surface area contributed by atoms with E-state index in [0.29, 0.717) is 13.0 Å². The number of piperidine rings is 1. The summed E-state index contributed by atoms with van der Waals surface area (Å²) in [5.74, 6) is 2.00. The number of nitrogens with zero attached hydrogens (tertiary/aromatic N) is 3. The van der Waals surface area contributed by atoms with Gasteiger partial charge in [-0.3, -0.25) is 4.79 Å². The molecule has 0 aliphatic carbocycles. The van der Waals surface area contributed by atoms with Crippen molar-refractivity contribution in [2.75, 3.05) is 24.5 Å². The van der Waals surface area contributed by atoms with E-state index in [1.165, 1.54) is 0 Å². The number of hydrogen-bond acceptors (Lipinski definition) is 4. The summed E-state index contributed by atoms with van der Waals surface area (Å²) in [4.78, 5) is 27.0. The summed E-state index contributed by atoms with van der Waals surface area (Å²) in [6.45, 7) is 2.28. The second-order valence-corrected chi connectivity index (χ2v) is 6.71. The molecule has 1 saturated heterocycles. The van der Waals surface area contributed by atoms with Crippen molar-refractivity contribution in [2.24, 2.45) is 5.92 Å². The van der Waals surface area contributed by atoms with Gasteiger partial charge in [0.2, 0.25) is 5.91 Å². The minimum atomic E-state index is 0.0152. The van der Waals surface area contributed by atoms with Crippen LogP contribution in [0.25, 0.3) is 11.0 Å². The molecule has 1 fully saturated rings. The molecule has 26 heavy (non-hydrogen) atoms. The van der Waals surface area contributed by atoms with E-state index in [9.17, 15) is 4.79 Å². The van der Waals surface area contributed by atoms with Gasteiger partial charge in [0.15, 0.2) is 0 Å². The Morgan fingerprint density at radius 2 is 2.12 bits per heavy atom. The van der Waals surface area contributed by atoms with Crippen LogP contribution >= 0.6 is 0 Å². The van der Waals surface area contributed by atoms with E-state index in [0.717, 1.165) is 48.6 Å². The molecular weight excluding hydrogens is 326 g/mol. The third-order valence-corrected chi connectivity index (χ3v) is 4.86. The maximum Gasteiger partial charge on any atom is 0.224 e. The molecule has 3 aromatic rings. The number of amides is 1. The Morgan fingerprint density at radius 1 is 1.23 bits per heavy atom. The number of para-hydroxylation sites is 2. The van der Waals surface area contributed by atoms with Crippen LogP contribution in [0.2, 0.25) is 0 Å². The summed E-state index contributed by atoms with van der Waals surface area (Å²) < 4.78 is 0. The number of carbonyl (C=O) groups excluding carboxylic acids is 1. The summed E-state index contributed by atoms with van der Waals surface area (Å²) in [5.41, 5.74) is 2.00. The molecule has 0 bridgehead atoms. The number of imidazole rings is 1. The van der Waals surface area contributed by atoms with Gasteiger partial charge in [0.1, 0.15) is 11.6 Å². The van der Waals surface area contributed by atoms with Crippen LogP contribution in [0.5, 0.6) is 0 Å². The highest BCUT2D eigenvalue weighted by atomic mass is 16.1. The first-order chi connectivity index (χ1) is 12.8. The number of fused-ring (bicyclic) bond motifs is 1. The molecule has 1 aliphatic rings. The minimum absolute atomic E-state index is 0.0152. The van der Waals surface area contributed by atoms with Gasteiger partial charge in [0.25, 0.3) is 0 Å². The van der Waals surface area contributed by atoms with E-state index < -0.39 is 0 Å². The molecule has 6 heteroatoms. The first-order valence-corrected chi connectivity index (χ1v) is 9.17. The average Bonchev–Trinajstić information content (AvgIpc) is 3.11. The number of H-pyrrole nitrogens is 1. The van der Waals surface area contributed by atoms with Crippen LogP contribution in [-0.4, -0.2) is 40.5 Å².